The van der Waals surface area contributed by atoms with Gasteiger partial charge in [0.1, 0.15) is 5.75 Å². The number of rotatable bonds is 8. The van der Waals surface area contributed by atoms with E-state index in [1.165, 1.54) is 5.56 Å². The van der Waals surface area contributed by atoms with Crippen LogP contribution in [0.4, 0.5) is 0 Å². The second kappa shape index (κ2) is 9.79. The van der Waals surface area contributed by atoms with Gasteiger partial charge >= 0.3 is 5.97 Å². The first-order chi connectivity index (χ1) is 13.7. The Morgan fingerprint density at radius 3 is 2.07 bits per heavy atom. The Kier molecular flexibility index (Phi) is 6.90. The molecule has 4 nitrogen and oxygen atoms in total. The Morgan fingerprint density at radius 1 is 0.821 bits per heavy atom. The molecule has 3 rings (SSSR count). The largest absolute Gasteiger partial charge is 0.427 e. The lowest BCUT2D eigenvalue weighted by atomic mass is 10.1. The molecule has 0 bridgehead atoms. The standard InChI is InChI=1S/C24H26N2O2/c1-3-5-7-23(27)28-22-14-12-19(13-15-22)21-16-25-24(26-17-21)20-10-8-18(6-4-2)9-11-20/h8-17H,3-7H2,1-2H3. The van der Waals surface area contributed by atoms with Gasteiger partial charge in [-0.1, -0.05) is 63.1 Å². The molecule has 0 fully saturated rings. The van der Waals surface area contributed by atoms with Crippen LogP contribution in [0.3, 0.4) is 0 Å². The fraction of sp³-hybridized carbons (Fsp3) is 0.292. The van der Waals surface area contributed by atoms with Gasteiger partial charge in [0.15, 0.2) is 5.82 Å². The molecule has 1 heterocycles. The summed E-state index contributed by atoms with van der Waals surface area (Å²) in [6.45, 7) is 4.23. The number of hydrogen-bond acceptors (Lipinski definition) is 4. The first kappa shape index (κ1) is 19.7. The summed E-state index contributed by atoms with van der Waals surface area (Å²) in [5.41, 5.74) is 4.26. The number of hydrogen-bond donors (Lipinski definition) is 0. The second-order valence-corrected chi connectivity index (χ2v) is 6.84. The summed E-state index contributed by atoms with van der Waals surface area (Å²) in [4.78, 5) is 20.7. The fourth-order valence-corrected chi connectivity index (χ4v) is 2.95. The number of carbonyl (C=O) groups excluding carboxylic acids is 1. The van der Waals surface area contributed by atoms with Crippen molar-refractivity contribution in [2.75, 3.05) is 0 Å². The summed E-state index contributed by atoms with van der Waals surface area (Å²) in [5, 5.41) is 0. The lowest BCUT2D eigenvalue weighted by Gasteiger charge is -2.07. The van der Waals surface area contributed by atoms with E-state index in [-0.39, 0.29) is 5.97 Å². The maximum atomic E-state index is 11.7. The first-order valence-corrected chi connectivity index (χ1v) is 9.92. The van der Waals surface area contributed by atoms with Crippen molar-refractivity contribution in [2.45, 2.75) is 46.0 Å². The molecule has 0 spiro atoms. The number of aryl methyl sites for hydroxylation is 1. The van der Waals surface area contributed by atoms with Crippen LogP contribution in [0.5, 0.6) is 5.75 Å². The Balaban J connectivity index is 1.66. The van der Waals surface area contributed by atoms with Crippen molar-refractivity contribution >= 4 is 5.97 Å². The maximum Gasteiger partial charge on any atom is 0.311 e. The van der Waals surface area contributed by atoms with Crippen molar-refractivity contribution in [1.82, 2.24) is 9.97 Å². The Hall–Kier alpha value is -3.01. The van der Waals surface area contributed by atoms with Gasteiger partial charge in [-0.05, 0) is 36.1 Å². The Morgan fingerprint density at radius 2 is 1.46 bits per heavy atom. The smallest absolute Gasteiger partial charge is 0.311 e. The van der Waals surface area contributed by atoms with Crippen LogP contribution in [0.1, 0.15) is 45.1 Å². The summed E-state index contributed by atoms with van der Waals surface area (Å²) in [6, 6.07) is 15.9. The number of esters is 1. The minimum Gasteiger partial charge on any atom is -0.427 e. The average molecular weight is 374 g/mol. The van der Waals surface area contributed by atoms with E-state index in [0.717, 1.165) is 42.4 Å². The molecule has 0 aliphatic rings. The van der Waals surface area contributed by atoms with Gasteiger partial charge in [-0.25, -0.2) is 9.97 Å². The van der Waals surface area contributed by atoms with Gasteiger partial charge in [0.25, 0.3) is 0 Å². The topological polar surface area (TPSA) is 52.1 Å². The van der Waals surface area contributed by atoms with Gasteiger partial charge in [-0.3, -0.25) is 4.79 Å². The third kappa shape index (κ3) is 5.26. The van der Waals surface area contributed by atoms with E-state index in [4.69, 9.17) is 4.74 Å². The molecule has 0 N–H and O–H groups in total. The van der Waals surface area contributed by atoms with Gasteiger partial charge in [0, 0.05) is 29.9 Å². The summed E-state index contributed by atoms with van der Waals surface area (Å²) < 4.78 is 5.34. The number of benzene rings is 2. The molecule has 0 unspecified atom stereocenters. The normalized spacial score (nSPS) is 10.6. The molecule has 0 atom stereocenters. The highest BCUT2D eigenvalue weighted by Gasteiger charge is 2.06. The summed E-state index contributed by atoms with van der Waals surface area (Å²) in [6.07, 6.45) is 8.15. The molecular weight excluding hydrogens is 348 g/mol. The van der Waals surface area contributed by atoms with Crippen molar-refractivity contribution in [1.29, 1.82) is 0 Å². The predicted octanol–water partition coefficient (Wildman–Crippen LogP) is 5.86. The van der Waals surface area contributed by atoms with Crippen LogP contribution in [-0.2, 0) is 11.2 Å². The minimum atomic E-state index is -0.188. The van der Waals surface area contributed by atoms with Gasteiger partial charge in [-0.15, -0.1) is 0 Å². The van der Waals surface area contributed by atoms with Crippen molar-refractivity contribution in [2.24, 2.45) is 0 Å². The Bertz CT molecular complexity index is 885. The van der Waals surface area contributed by atoms with Crippen molar-refractivity contribution in [3.63, 3.8) is 0 Å². The van der Waals surface area contributed by atoms with Crippen molar-refractivity contribution in [3.8, 4) is 28.3 Å². The van der Waals surface area contributed by atoms with Crippen molar-refractivity contribution in [3.05, 3.63) is 66.5 Å². The molecule has 0 saturated heterocycles. The molecule has 0 saturated carbocycles. The minimum absolute atomic E-state index is 0.188. The third-order valence-corrected chi connectivity index (χ3v) is 4.56. The molecule has 2 aromatic carbocycles. The molecule has 0 radical (unpaired) electrons. The van der Waals surface area contributed by atoms with Crippen molar-refractivity contribution < 1.29 is 9.53 Å². The molecule has 3 aromatic rings. The van der Waals surface area contributed by atoms with E-state index in [1.807, 2.05) is 24.5 Å². The van der Waals surface area contributed by atoms with Gasteiger partial charge < -0.3 is 4.74 Å². The monoisotopic (exact) mass is 374 g/mol. The van der Waals surface area contributed by atoms with Gasteiger partial charge in [-0.2, -0.15) is 0 Å². The summed E-state index contributed by atoms with van der Waals surface area (Å²) in [7, 11) is 0. The fourth-order valence-electron chi connectivity index (χ4n) is 2.95. The number of ether oxygens (including phenoxy) is 1. The SMILES string of the molecule is CCCCC(=O)Oc1ccc(-c2cnc(-c3ccc(CCC)cc3)nc2)cc1. The van der Waals surface area contributed by atoms with E-state index in [2.05, 4.69) is 48.1 Å². The lowest BCUT2D eigenvalue weighted by molar-refractivity contribution is -0.134. The van der Waals surface area contributed by atoms with Gasteiger partial charge in [0.05, 0.1) is 0 Å². The second-order valence-electron chi connectivity index (χ2n) is 6.84. The lowest BCUT2D eigenvalue weighted by Crippen LogP contribution is -2.07. The maximum absolute atomic E-state index is 11.7. The van der Waals surface area contributed by atoms with Crippen LogP contribution >= 0.6 is 0 Å². The zero-order chi connectivity index (χ0) is 19.8. The molecule has 28 heavy (non-hydrogen) atoms. The molecule has 0 amide bonds. The molecule has 0 aliphatic carbocycles. The number of carbonyl (C=O) groups is 1. The predicted molar refractivity (Wildman–Crippen MR) is 112 cm³/mol. The highest BCUT2D eigenvalue weighted by molar-refractivity contribution is 5.73. The van der Waals surface area contributed by atoms with Crippen LogP contribution < -0.4 is 4.74 Å². The summed E-state index contributed by atoms with van der Waals surface area (Å²) in [5.74, 6) is 1.09. The molecular formula is C24H26N2O2. The van der Waals surface area contributed by atoms with E-state index in [0.29, 0.717) is 18.0 Å². The summed E-state index contributed by atoms with van der Waals surface area (Å²) >= 11 is 0. The highest BCUT2D eigenvalue weighted by Crippen LogP contribution is 2.23. The molecule has 0 aliphatic heterocycles. The zero-order valence-electron chi connectivity index (χ0n) is 16.5. The van der Waals surface area contributed by atoms with Crippen LogP contribution in [0.2, 0.25) is 0 Å². The van der Waals surface area contributed by atoms with Crippen LogP contribution in [0.25, 0.3) is 22.5 Å². The van der Waals surface area contributed by atoms with Gasteiger partial charge in [0.2, 0.25) is 0 Å². The molecule has 1 aromatic heterocycles. The van der Waals surface area contributed by atoms with E-state index < -0.39 is 0 Å². The van der Waals surface area contributed by atoms with Crippen LogP contribution in [0.15, 0.2) is 60.9 Å². The van der Waals surface area contributed by atoms with Crippen LogP contribution in [-0.4, -0.2) is 15.9 Å². The van der Waals surface area contributed by atoms with E-state index in [1.54, 1.807) is 12.1 Å². The van der Waals surface area contributed by atoms with E-state index >= 15 is 0 Å². The molecule has 4 heteroatoms. The average Bonchev–Trinajstić information content (AvgIpc) is 2.74. The molecule has 144 valence electrons. The highest BCUT2D eigenvalue weighted by atomic mass is 16.5. The Labute approximate surface area is 166 Å². The number of aromatic nitrogens is 2. The quantitative estimate of drug-likeness (QED) is 0.366. The third-order valence-electron chi connectivity index (χ3n) is 4.56. The zero-order valence-corrected chi connectivity index (χ0v) is 16.5. The first-order valence-electron chi connectivity index (χ1n) is 9.92. The van der Waals surface area contributed by atoms with E-state index in [9.17, 15) is 4.79 Å². The van der Waals surface area contributed by atoms with Crippen LogP contribution in [0, 0.1) is 0 Å². The number of unbranched alkanes of at least 4 members (excludes halogenated alkanes) is 1. The number of nitrogens with zero attached hydrogens (tertiary/aromatic N) is 2.